The van der Waals surface area contributed by atoms with Crippen LogP contribution in [0.15, 0.2) is 53.4 Å². The van der Waals surface area contributed by atoms with Gasteiger partial charge in [-0.2, -0.15) is 0 Å². The van der Waals surface area contributed by atoms with Crippen molar-refractivity contribution in [2.24, 2.45) is 0 Å². The Hall–Kier alpha value is -2.98. The Labute approximate surface area is 168 Å². The van der Waals surface area contributed by atoms with Gasteiger partial charge < -0.3 is 14.8 Å². The van der Waals surface area contributed by atoms with Crippen molar-refractivity contribution in [2.45, 2.75) is 18.2 Å². The van der Waals surface area contributed by atoms with Crippen LogP contribution in [0, 0.1) is 5.82 Å². The molecule has 0 atom stereocenters. The Morgan fingerprint density at radius 2 is 1.83 bits per heavy atom. The third kappa shape index (κ3) is 7.51. The number of halogens is 1. The van der Waals surface area contributed by atoms with Crippen LogP contribution < -0.4 is 14.8 Å². The zero-order chi connectivity index (χ0) is 21.3. The lowest BCUT2D eigenvalue weighted by Crippen LogP contribution is -2.28. The topological polar surface area (TPSA) is 111 Å². The van der Waals surface area contributed by atoms with Gasteiger partial charge in [0, 0.05) is 12.2 Å². The molecule has 0 spiro atoms. The summed E-state index contributed by atoms with van der Waals surface area (Å²) in [5, 5.41) is 2.38. The van der Waals surface area contributed by atoms with E-state index in [9.17, 15) is 22.4 Å². The molecule has 2 aromatic carbocycles. The first-order valence-corrected chi connectivity index (χ1v) is 10.2. The van der Waals surface area contributed by atoms with Crippen LogP contribution in [-0.4, -0.2) is 40.1 Å². The lowest BCUT2D eigenvalue weighted by molar-refractivity contribution is -0.147. The van der Waals surface area contributed by atoms with Crippen LogP contribution in [0.1, 0.15) is 13.3 Å². The fraction of sp³-hybridized carbons (Fsp3) is 0.263. The molecule has 0 heterocycles. The van der Waals surface area contributed by atoms with Crippen molar-refractivity contribution in [3.05, 3.63) is 54.3 Å². The number of hydrogen-bond donors (Lipinski definition) is 2. The van der Waals surface area contributed by atoms with Crippen molar-refractivity contribution in [1.82, 2.24) is 4.72 Å². The molecule has 0 aromatic heterocycles. The second-order valence-electron chi connectivity index (χ2n) is 5.77. The van der Waals surface area contributed by atoms with Crippen LogP contribution in [0.2, 0.25) is 0 Å². The Morgan fingerprint density at radius 3 is 2.48 bits per heavy atom. The molecule has 0 saturated carbocycles. The summed E-state index contributed by atoms with van der Waals surface area (Å²) in [6, 6.07) is 11.1. The Bertz CT molecular complexity index is 947. The molecule has 0 saturated heterocycles. The number of hydrogen-bond acceptors (Lipinski definition) is 6. The van der Waals surface area contributed by atoms with Crippen molar-refractivity contribution in [3.8, 4) is 5.75 Å². The maximum atomic E-state index is 13.0. The van der Waals surface area contributed by atoms with Gasteiger partial charge in [-0.1, -0.05) is 6.07 Å². The highest BCUT2D eigenvalue weighted by Crippen LogP contribution is 2.15. The molecule has 1 amide bonds. The molecule has 0 aliphatic carbocycles. The second-order valence-corrected chi connectivity index (χ2v) is 7.54. The third-order valence-corrected chi connectivity index (χ3v) is 5.02. The highest BCUT2D eigenvalue weighted by molar-refractivity contribution is 7.89. The van der Waals surface area contributed by atoms with E-state index in [1.807, 2.05) is 6.92 Å². The maximum absolute atomic E-state index is 13.0. The average Bonchev–Trinajstić information content (AvgIpc) is 2.67. The molecule has 2 aromatic rings. The molecule has 0 fully saturated rings. The molecule has 0 bridgehead atoms. The van der Waals surface area contributed by atoms with E-state index in [1.165, 1.54) is 42.5 Å². The van der Waals surface area contributed by atoms with Crippen LogP contribution in [0.4, 0.5) is 10.1 Å². The van der Waals surface area contributed by atoms with Gasteiger partial charge in [0.15, 0.2) is 6.61 Å². The van der Waals surface area contributed by atoms with E-state index in [0.717, 1.165) is 6.07 Å². The zero-order valence-corrected chi connectivity index (χ0v) is 16.5. The van der Waals surface area contributed by atoms with Crippen LogP contribution in [0.5, 0.6) is 5.75 Å². The summed E-state index contributed by atoms with van der Waals surface area (Å²) in [4.78, 5) is 23.4. The first kappa shape index (κ1) is 22.3. The van der Waals surface area contributed by atoms with Crippen molar-refractivity contribution >= 4 is 27.6 Å². The van der Waals surface area contributed by atoms with Crippen LogP contribution >= 0.6 is 0 Å². The van der Waals surface area contributed by atoms with E-state index in [0.29, 0.717) is 12.4 Å². The first-order valence-electron chi connectivity index (χ1n) is 8.73. The molecule has 29 heavy (non-hydrogen) atoms. The predicted octanol–water partition coefficient (Wildman–Crippen LogP) is 2.07. The molecule has 2 N–H and O–H groups in total. The van der Waals surface area contributed by atoms with Crippen LogP contribution in [0.3, 0.4) is 0 Å². The van der Waals surface area contributed by atoms with E-state index >= 15 is 0 Å². The van der Waals surface area contributed by atoms with Gasteiger partial charge in [-0.25, -0.2) is 17.5 Å². The van der Waals surface area contributed by atoms with E-state index in [4.69, 9.17) is 9.47 Å². The van der Waals surface area contributed by atoms with Gasteiger partial charge in [-0.15, -0.1) is 0 Å². The molecular formula is C19H21FN2O6S. The van der Waals surface area contributed by atoms with Gasteiger partial charge in [-0.05, 0) is 49.4 Å². The SMILES string of the molecule is CCOc1ccc(S(=O)(=O)NCCC(=O)OCC(=O)Nc2cccc(F)c2)cc1. The van der Waals surface area contributed by atoms with Gasteiger partial charge in [-0.3, -0.25) is 9.59 Å². The number of anilines is 1. The molecular weight excluding hydrogens is 403 g/mol. The molecule has 10 heteroatoms. The molecule has 156 valence electrons. The average molecular weight is 424 g/mol. The Kier molecular flexibility index (Phi) is 8.10. The van der Waals surface area contributed by atoms with Gasteiger partial charge in [0.05, 0.1) is 17.9 Å². The summed E-state index contributed by atoms with van der Waals surface area (Å²) in [6.07, 6.45) is -0.260. The second kappa shape index (κ2) is 10.5. The van der Waals surface area contributed by atoms with Gasteiger partial charge in [0.2, 0.25) is 10.0 Å². The monoisotopic (exact) mass is 424 g/mol. The van der Waals surface area contributed by atoms with Gasteiger partial charge >= 0.3 is 5.97 Å². The molecule has 0 aliphatic rings. The highest BCUT2D eigenvalue weighted by atomic mass is 32.2. The minimum absolute atomic E-state index is 0.0313. The van der Waals surface area contributed by atoms with E-state index in [1.54, 1.807) is 0 Å². The lowest BCUT2D eigenvalue weighted by atomic mass is 10.3. The fourth-order valence-electron chi connectivity index (χ4n) is 2.23. The van der Waals surface area contributed by atoms with Crippen LogP contribution in [-0.2, 0) is 24.3 Å². The Morgan fingerprint density at radius 1 is 1.10 bits per heavy atom. The van der Waals surface area contributed by atoms with Gasteiger partial charge in [0.1, 0.15) is 11.6 Å². The summed E-state index contributed by atoms with van der Waals surface area (Å²) in [5.74, 6) is -1.36. The summed E-state index contributed by atoms with van der Waals surface area (Å²) in [6.45, 7) is 1.52. The van der Waals surface area contributed by atoms with Crippen molar-refractivity contribution in [2.75, 3.05) is 25.1 Å². The minimum Gasteiger partial charge on any atom is -0.494 e. The van der Waals surface area contributed by atoms with E-state index in [-0.39, 0.29) is 23.5 Å². The number of nitrogens with one attached hydrogen (secondary N) is 2. The van der Waals surface area contributed by atoms with E-state index in [2.05, 4.69) is 10.0 Å². The smallest absolute Gasteiger partial charge is 0.307 e. The molecule has 0 radical (unpaired) electrons. The number of rotatable bonds is 10. The number of benzene rings is 2. The largest absolute Gasteiger partial charge is 0.494 e. The summed E-state index contributed by atoms with van der Waals surface area (Å²) in [7, 11) is -3.79. The predicted molar refractivity (Wildman–Crippen MR) is 103 cm³/mol. The van der Waals surface area contributed by atoms with E-state index < -0.39 is 34.3 Å². The van der Waals surface area contributed by atoms with Gasteiger partial charge in [0.25, 0.3) is 5.91 Å². The fourth-order valence-corrected chi connectivity index (χ4v) is 3.27. The number of amides is 1. The molecule has 0 aliphatic heterocycles. The summed E-state index contributed by atoms with van der Waals surface area (Å²) >= 11 is 0. The normalized spacial score (nSPS) is 11.0. The number of carbonyl (C=O) groups excluding carboxylic acids is 2. The van der Waals surface area contributed by atoms with Crippen molar-refractivity contribution in [1.29, 1.82) is 0 Å². The maximum Gasteiger partial charge on any atom is 0.307 e. The highest BCUT2D eigenvalue weighted by Gasteiger charge is 2.15. The molecule has 0 unspecified atom stereocenters. The quantitative estimate of drug-likeness (QED) is 0.565. The lowest BCUT2D eigenvalue weighted by Gasteiger charge is -2.09. The standard InChI is InChI=1S/C19H21FN2O6S/c1-2-27-16-6-8-17(9-7-16)29(25,26)21-11-10-19(24)28-13-18(23)22-15-5-3-4-14(20)12-15/h3-9,12,21H,2,10-11,13H2,1H3,(H,22,23). The first-order chi connectivity index (χ1) is 13.8. The molecule has 8 nitrogen and oxygen atoms in total. The third-order valence-electron chi connectivity index (χ3n) is 3.54. The number of carbonyl (C=O) groups is 2. The number of esters is 1. The summed E-state index contributed by atoms with van der Waals surface area (Å²) in [5.41, 5.74) is 0.231. The minimum atomic E-state index is -3.79. The number of ether oxygens (including phenoxy) is 2. The Balaban J connectivity index is 1.73. The van der Waals surface area contributed by atoms with Crippen molar-refractivity contribution < 1.29 is 31.9 Å². The van der Waals surface area contributed by atoms with Crippen molar-refractivity contribution in [3.63, 3.8) is 0 Å². The summed E-state index contributed by atoms with van der Waals surface area (Å²) < 4.78 is 49.7. The number of sulfonamides is 1. The molecule has 2 rings (SSSR count). The zero-order valence-electron chi connectivity index (χ0n) is 15.7. The van der Waals surface area contributed by atoms with Crippen LogP contribution in [0.25, 0.3) is 0 Å².